The molecule has 7 nitrogen and oxygen atoms in total. The number of hydrogen-bond donors (Lipinski definition) is 0. The fourth-order valence-electron chi connectivity index (χ4n) is 2.28. The third-order valence-electron chi connectivity index (χ3n) is 3.89. The van der Waals surface area contributed by atoms with E-state index in [1.54, 1.807) is 6.92 Å². The SMILES string of the molecule is CCN(OC(=O)C(C)Oc1cc(Oc2ccc(C(F)(F)F)cc2Cl)ccc1Cl)C(=O)OC. The van der Waals surface area contributed by atoms with Gasteiger partial charge in [0.2, 0.25) is 0 Å². The van der Waals surface area contributed by atoms with Gasteiger partial charge in [-0.3, -0.25) is 0 Å². The van der Waals surface area contributed by atoms with Crippen molar-refractivity contribution in [1.82, 2.24) is 5.06 Å². The van der Waals surface area contributed by atoms with E-state index in [0.717, 1.165) is 25.3 Å². The van der Waals surface area contributed by atoms with Gasteiger partial charge in [-0.15, -0.1) is 5.06 Å². The fourth-order valence-corrected chi connectivity index (χ4v) is 2.66. The summed E-state index contributed by atoms with van der Waals surface area (Å²) in [6.45, 7) is 2.98. The van der Waals surface area contributed by atoms with Crippen molar-refractivity contribution in [3.8, 4) is 17.2 Å². The third kappa shape index (κ3) is 6.57. The van der Waals surface area contributed by atoms with E-state index in [1.807, 2.05) is 0 Å². The molecule has 0 aliphatic carbocycles. The molecule has 0 saturated carbocycles. The summed E-state index contributed by atoms with van der Waals surface area (Å²) in [7, 11) is 1.13. The number of nitrogens with zero attached hydrogens (tertiary/aromatic N) is 1. The average Bonchev–Trinajstić information content (AvgIpc) is 2.74. The first kappa shape index (κ1) is 25.4. The molecule has 1 amide bonds. The molecule has 0 radical (unpaired) electrons. The molecule has 32 heavy (non-hydrogen) atoms. The molecule has 1 unspecified atom stereocenters. The highest BCUT2D eigenvalue weighted by Gasteiger charge is 2.31. The van der Waals surface area contributed by atoms with Crippen LogP contribution in [0.25, 0.3) is 0 Å². The number of hydrogen-bond acceptors (Lipinski definition) is 6. The van der Waals surface area contributed by atoms with E-state index < -0.39 is 29.9 Å². The highest BCUT2D eigenvalue weighted by atomic mass is 35.5. The van der Waals surface area contributed by atoms with Crippen molar-refractivity contribution in [2.75, 3.05) is 13.7 Å². The molecule has 0 aliphatic heterocycles. The third-order valence-corrected chi connectivity index (χ3v) is 4.50. The van der Waals surface area contributed by atoms with Crippen molar-refractivity contribution in [3.05, 3.63) is 52.0 Å². The maximum absolute atomic E-state index is 12.8. The molecule has 2 aromatic rings. The molecule has 0 bridgehead atoms. The van der Waals surface area contributed by atoms with E-state index in [4.69, 9.17) is 37.5 Å². The molecule has 0 N–H and O–H groups in total. The topological polar surface area (TPSA) is 74.3 Å². The van der Waals surface area contributed by atoms with Gasteiger partial charge in [0.05, 0.1) is 29.3 Å². The normalized spacial score (nSPS) is 12.0. The number of carbonyl (C=O) groups is 2. The van der Waals surface area contributed by atoms with Gasteiger partial charge in [0.25, 0.3) is 0 Å². The molecular weight excluding hydrogens is 478 g/mol. The average molecular weight is 496 g/mol. The molecule has 0 aromatic heterocycles. The smallest absolute Gasteiger partial charge is 0.443 e. The monoisotopic (exact) mass is 495 g/mol. The Labute approximate surface area is 191 Å². The van der Waals surface area contributed by atoms with Gasteiger partial charge in [-0.05, 0) is 44.2 Å². The number of benzene rings is 2. The van der Waals surface area contributed by atoms with Gasteiger partial charge < -0.3 is 19.0 Å². The maximum atomic E-state index is 12.8. The fraction of sp³-hybridized carbons (Fsp3) is 0.300. The number of alkyl halides is 3. The van der Waals surface area contributed by atoms with E-state index in [-0.39, 0.29) is 33.8 Å². The zero-order valence-corrected chi connectivity index (χ0v) is 18.5. The van der Waals surface area contributed by atoms with E-state index in [2.05, 4.69) is 4.74 Å². The van der Waals surface area contributed by atoms with E-state index in [9.17, 15) is 22.8 Å². The molecule has 0 spiro atoms. The number of methoxy groups -OCH3 is 1. The second kappa shape index (κ2) is 10.6. The van der Waals surface area contributed by atoms with Crippen molar-refractivity contribution in [3.63, 3.8) is 0 Å². The summed E-state index contributed by atoms with van der Waals surface area (Å²) in [6, 6.07) is 6.79. The van der Waals surface area contributed by atoms with Crippen LogP contribution in [0.2, 0.25) is 10.0 Å². The van der Waals surface area contributed by atoms with E-state index in [1.165, 1.54) is 25.1 Å². The summed E-state index contributed by atoms with van der Waals surface area (Å²) in [5, 5.41) is 0.572. The van der Waals surface area contributed by atoms with Crippen LogP contribution in [0, 0.1) is 0 Å². The van der Waals surface area contributed by atoms with Crippen LogP contribution in [0.5, 0.6) is 17.2 Å². The first-order valence-electron chi connectivity index (χ1n) is 9.04. The molecule has 174 valence electrons. The number of halogens is 5. The second-order valence-corrected chi connectivity index (χ2v) is 6.99. The Morgan fingerprint density at radius 2 is 1.75 bits per heavy atom. The maximum Gasteiger partial charge on any atom is 0.443 e. The lowest BCUT2D eigenvalue weighted by molar-refractivity contribution is -0.187. The minimum atomic E-state index is -4.55. The molecular formula is C20H18Cl2F3NO6. The Bertz CT molecular complexity index is 986. The van der Waals surface area contributed by atoms with Crippen LogP contribution >= 0.6 is 23.2 Å². The largest absolute Gasteiger partial charge is 0.477 e. The lowest BCUT2D eigenvalue weighted by Gasteiger charge is -2.21. The molecule has 0 saturated heterocycles. The van der Waals surface area contributed by atoms with E-state index in [0.29, 0.717) is 5.06 Å². The number of rotatable bonds is 6. The highest BCUT2D eigenvalue weighted by molar-refractivity contribution is 6.32. The molecule has 2 aromatic carbocycles. The van der Waals surface area contributed by atoms with Crippen LogP contribution in [0.3, 0.4) is 0 Å². The summed E-state index contributed by atoms with van der Waals surface area (Å²) in [6.07, 6.45) is -6.60. The van der Waals surface area contributed by atoms with Crippen LogP contribution in [0.1, 0.15) is 19.4 Å². The lowest BCUT2D eigenvalue weighted by atomic mass is 10.2. The predicted octanol–water partition coefficient (Wildman–Crippen LogP) is 6.12. The Hall–Kier alpha value is -2.85. The summed E-state index contributed by atoms with van der Waals surface area (Å²) >= 11 is 12.0. The second-order valence-electron chi connectivity index (χ2n) is 6.17. The molecule has 1 atom stereocenters. The number of ether oxygens (including phenoxy) is 3. The van der Waals surface area contributed by atoms with Crippen molar-refractivity contribution >= 4 is 35.3 Å². The van der Waals surface area contributed by atoms with E-state index >= 15 is 0 Å². The van der Waals surface area contributed by atoms with Gasteiger partial charge >= 0.3 is 18.2 Å². The van der Waals surface area contributed by atoms with Crippen molar-refractivity contribution in [2.24, 2.45) is 0 Å². The first-order chi connectivity index (χ1) is 15.0. The minimum absolute atomic E-state index is 0.0257. The number of amides is 1. The molecule has 0 heterocycles. The quantitative estimate of drug-likeness (QED) is 0.449. The Kier molecular flexibility index (Phi) is 8.45. The Morgan fingerprint density at radius 3 is 2.31 bits per heavy atom. The van der Waals surface area contributed by atoms with Crippen LogP contribution in [-0.4, -0.2) is 36.9 Å². The summed E-state index contributed by atoms with van der Waals surface area (Å²) in [4.78, 5) is 28.6. The van der Waals surface area contributed by atoms with Crippen molar-refractivity contribution in [2.45, 2.75) is 26.1 Å². The van der Waals surface area contributed by atoms with Gasteiger partial charge in [0, 0.05) is 6.07 Å². The van der Waals surface area contributed by atoms with Gasteiger partial charge in [-0.2, -0.15) is 13.2 Å². The van der Waals surface area contributed by atoms with Crippen LogP contribution in [-0.2, 0) is 20.5 Å². The van der Waals surface area contributed by atoms with Gasteiger partial charge in [-0.25, -0.2) is 9.59 Å². The summed E-state index contributed by atoms with van der Waals surface area (Å²) in [5.74, 6) is -0.767. The Morgan fingerprint density at radius 1 is 1.06 bits per heavy atom. The summed E-state index contributed by atoms with van der Waals surface area (Å²) in [5.41, 5.74) is -0.921. The standard InChI is InChI=1S/C20H18Cl2F3NO6/c1-4-26(19(28)29-3)32-18(27)11(2)30-17-10-13(6-7-14(17)21)31-16-8-5-12(9-15(16)22)20(23,24)25/h5-11H,4H2,1-3H3. The Balaban J connectivity index is 2.14. The zero-order valence-electron chi connectivity index (χ0n) is 17.0. The first-order valence-corrected chi connectivity index (χ1v) is 9.80. The molecule has 2 rings (SSSR count). The molecule has 0 aliphatic rings. The van der Waals surface area contributed by atoms with Gasteiger partial charge in [-0.1, -0.05) is 23.2 Å². The molecule has 12 heteroatoms. The van der Waals surface area contributed by atoms with Crippen LogP contribution in [0.15, 0.2) is 36.4 Å². The van der Waals surface area contributed by atoms with Crippen molar-refractivity contribution in [1.29, 1.82) is 0 Å². The highest BCUT2D eigenvalue weighted by Crippen LogP contribution is 2.38. The van der Waals surface area contributed by atoms with Crippen LogP contribution < -0.4 is 9.47 Å². The zero-order chi connectivity index (χ0) is 24.1. The van der Waals surface area contributed by atoms with Crippen LogP contribution in [0.4, 0.5) is 18.0 Å². The number of carbonyl (C=O) groups excluding carboxylic acids is 2. The molecule has 0 fully saturated rings. The van der Waals surface area contributed by atoms with Crippen molar-refractivity contribution < 1.29 is 41.8 Å². The minimum Gasteiger partial charge on any atom is -0.477 e. The van der Waals surface area contributed by atoms with Gasteiger partial charge in [0.15, 0.2) is 6.10 Å². The summed E-state index contributed by atoms with van der Waals surface area (Å²) < 4.78 is 53.8. The number of hydroxylamine groups is 2. The lowest BCUT2D eigenvalue weighted by Crippen LogP contribution is -2.38. The van der Waals surface area contributed by atoms with Gasteiger partial charge in [0.1, 0.15) is 17.2 Å². The predicted molar refractivity (Wildman–Crippen MR) is 109 cm³/mol.